The quantitative estimate of drug-likeness (QED) is 0.0515. The molecule has 0 aliphatic carbocycles. The van der Waals surface area contributed by atoms with Gasteiger partial charge < -0.3 is 52.1 Å². The van der Waals surface area contributed by atoms with Crippen LogP contribution in [0.1, 0.15) is 0 Å². The number of amides is 2. The van der Waals surface area contributed by atoms with Crippen molar-refractivity contribution >= 4 is 21.9 Å². The Bertz CT molecular complexity index is 1140. The SMILES string of the molecule is O=C1C=CC(=O)N1CCOCCOCCOCCOCCOCCOCCOCCOCCOCCOCCOCCOS(=O)(=O)c1ccccc1. The lowest BCUT2D eigenvalue weighted by Gasteiger charge is -2.13. The Hall–Kier alpha value is -2.43. The molecule has 298 valence electrons. The number of nitrogens with zero attached hydrogens (tertiary/aromatic N) is 1. The second-order valence-corrected chi connectivity index (χ2v) is 12.1. The maximum atomic E-state index is 12.0. The predicted molar refractivity (Wildman–Crippen MR) is 184 cm³/mol. The summed E-state index contributed by atoms with van der Waals surface area (Å²) in [5.74, 6) is -0.627. The highest BCUT2D eigenvalue weighted by Crippen LogP contribution is 2.10. The number of carbonyl (C=O) groups is 2. The van der Waals surface area contributed by atoms with Crippen LogP contribution in [-0.4, -0.2) is 184 Å². The fourth-order valence-corrected chi connectivity index (χ4v) is 4.88. The zero-order valence-corrected chi connectivity index (χ0v) is 30.7. The van der Waals surface area contributed by atoms with Gasteiger partial charge in [0.05, 0.1) is 163 Å². The van der Waals surface area contributed by atoms with Gasteiger partial charge in [-0.15, -0.1) is 0 Å². The summed E-state index contributed by atoms with van der Waals surface area (Å²) in [5.41, 5.74) is 0. The minimum Gasteiger partial charge on any atom is -0.377 e. The summed E-state index contributed by atoms with van der Waals surface area (Å²) in [4.78, 5) is 24.1. The van der Waals surface area contributed by atoms with Crippen molar-refractivity contribution in [2.45, 2.75) is 4.90 Å². The lowest BCUT2D eigenvalue weighted by Crippen LogP contribution is -2.33. The van der Waals surface area contributed by atoms with Gasteiger partial charge in [0.2, 0.25) is 0 Å². The molecule has 0 saturated carbocycles. The van der Waals surface area contributed by atoms with E-state index >= 15 is 0 Å². The topological polar surface area (TPSA) is 182 Å². The van der Waals surface area contributed by atoms with Crippen LogP contribution < -0.4 is 0 Å². The number of ether oxygens (including phenoxy) is 11. The molecule has 18 heteroatoms. The van der Waals surface area contributed by atoms with Gasteiger partial charge in [-0.05, 0) is 12.1 Å². The van der Waals surface area contributed by atoms with Crippen LogP contribution >= 0.6 is 0 Å². The molecule has 0 fully saturated rings. The van der Waals surface area contributed by atoms with Crippen molar-refractivity contribution < 1.29 is 74.3 Å². The van der Waals surface area contributed by atoms with Gasteiger partial charge in [0.15, 0.2) is 0 Å². The molecule has 0 saturated heterocycles. The molecule has 0 N–H and O–H groups in total. The highest BCUT2D eigenvalue weighted by molar-refractivity contribution is 7.86. The Morgan fingerprint density at radius 2 is 0.654 bits per heavy atom. The second-order valence-electron chi connectivity index (χ2n) is 10.5. The molecule has 1 aliphatic heterocycles. The van der Waals surface area contributed by atoms with Crippen LogP contribution in [0.3, 0.4) is 0 Å². The van der Waals surface area contributed by atoms with Crippen LogP contribution in [0.5, 0.6) is 0 Å². The van der Waals surface area contributed by atoms with Crippen molar-refractivity contribution in [2.24, 2.45) is 0 Å². The highest BCUT2D eigenvalue weighted by atomic mass is 32.2. The molecule has 1 aliphatic rings. The first-order chi connectivity index (χ1) is 25.5. The number of hydrogen-bond acceptors (Lipinski definition) is 16. The molecule has 1 aromatic carbocycles. The van der Waals surface area contributed by atoms with Crippen LogP contribution in [0.25, 0.3) is 0 Å². The lowest BCUT2D eigenvalue weighted by atomic mass is 10.4. The van der Waals surface area contributed by atoms with Crippen LogP contribution in [0, 0.1) is 0 Å². The molecular formula is C34H55NO16S. The van der Waals surface area contributed by atoms with E-state index in [4.69, 9.17) is 56.3 Å². The van der Waals surface area contributed by atoms with Gasteiger partial charge in [-0.25, -0.2) is 0 Å². The minimum absolute atomic E-state index is 0.0663. The molecule has 0 radical (unpaired) electrons. The Morgan fingerprint density at radius 3 is 0.962 bits per heavy atom. The number of hydrogen-bond donors (Lipinski definition) is 0. The molecule has 1 heterocycles. The standard InChI is InChI=1S/C34H55NO16S/c36-33-6-7-34(37)35(33)8-9-40-10-11-41-12-13-42-14-15-43-16-17-44-18-19-45-20-21-46-22-23-47-24-25-48-26-27-49-28-29-50-30-31-51-52(38,39)32-4-2-1-3-5-32/h1-7H,8-31H2. The zero-order chi connectivity index (χ0) is 37.2. The van der Waals surface area contributed by atoms with Crippen molar-refractivity contribution in [2.75, 3.05) is 159 Å². The molecule has 2 amide bonds. The van der Waals surface area contributed by atoms with E-state index in [2.05, 4.69) is 0 Å². The van der Waals surface area contributed by atoms with E-state index in [1.807, 2.05) is 0 Å². The summed E-state index contributed by atoms with van der Waals surface area (Å²) >= 11 is 0. The number of rotatable bonds is 38. The third-order valence-corrected chi connectivity index (χ3v) is 7.90. The normalized spacial score (nSPS) is 13.2. The number of carbonyl (C=O) groups excluding carboxylic acids is 2. The summed E-state index contributed by atoms with van der Waals surface area (Å²) in [6, 6.07) is 7.95. The average molecular weight is 766 g/mol. The van der Waals surface area contributed by atoms with Crippen molar-refractivity contribution in [3.05, 3.63) is 42.5 Å². The third-order valence-electron chi connectivity index (χ3n) is 6.58. The van der Waals surface area contributed by atoms with Crippen molar-refractivity contribution in [3.63, 3.8) is 0 Å². The van der Waals surface area contributed by atoms with Crippen molar-refractivity contribution in [1.82, 2.24) is 4.90 Å². The smallest absolute Gasteiger partial charge is 0.297 e. The molecule has 0 unspecified atom stereocenters. The molecule has 0 bridgehead atoms. The van der Waals surface area contributed by atoms with Crippen molar-refractivity contribution in [1.29, 1.82) is 0 Å². The monoisotopic (exact) mass is 765 g/mol. The Labute approximate surface area is 306 Å². The summed E-state index contributed by atoms with van der Waals surface area (Å²) in [6.45, 7) is 9.25. The summed E-state index contributed by atoms with van der Waals surface area (Å²) in [6.07, 6.45) is 2.50. The van der Waals surface area contributed by atoms with Gasteiger partial charge in [0, 0.05) is 12.2 Å². The second kappa shape index (κ2) is 32.0. The Morgan fingerprint density at radius 1 is 0.385 bits per heavy atom. The first-order valence-electron chi connectivity index (χ1n) is 17.3. The van der Waals surface area contributed by atoms with E-state index in [0.717, 1.165) is 4.90 Å². The predicted octanol–water partition coefficient (Wildman–Crippen LogP) is 0.500. The third kappa shape index (κ3) is 24.7. The molecular weight excluding hydrogens is 710 g/mol. The Kier molecular flexibility index (Phi) is 28.2. The van der Waals surface area contributed by atoms with Crippen LogP contribution in [0.4, 0.5) is 0 Å². The van der Waals surface area contributed by atoms with E-state index in [1.165, 1.54) is 24.3 Å². The Balaban J connectivity index is 1.15. The van der Waals surface area contributed by atoms with E-state index in [9.17, 15) is 18.0 Å². The first kappa shape index (κ1) is 45.7. The van der Waals surface area contributed by atoms with E-state index in [0.29, 0.717) is 132 Å². The first-order valence-corrected chi connectivity index (χ1v) is 18.7. The summed E-state index contributed by atoms with van der Waals surface area (Å²) in [5, 5.41) is 0. The molecule has 17 nitrogen and oxygen atoms in total. The van der Waals surface area contributed by atoms with Crippen LogP contribution in [0.2, 0.25) is 0 Å². The number of benzene rings is 1. The van der Waals surface area contributed by atoms with Gasteiger partial charge in [-0.2, -0.15) is 8.42 Å². The fourth-order valence-electron chi connectivity index (χ4n) is 3.97. The van der Waals surface area contributed by atoms with E-state index < -0.39 is 10.1 Å². The highest BCUT2D eigenvalue weighted by Gasteiger charge is 2.22. The minimum atomic E-state index is -3.77. The average Bonchev–Trinajstić information content (AvgIpc) is 3.47. The van der Waals surface area contributed by atoms with Gasteiger partial charge in [0.1, 0.15) is 0 Å². The largest absolute Gasteiger partial charge is 0.377 e. The van der Waals surface area contributed by atoms with Gasteiger partial charge in [0.25, 0.3) is 21.9 Å². The van der Waals surface area contributed by atoms with E-state index in [-0.39, 0.29) is 43.1 Å². The number of imide groups is 1. The summed E-state index contributed by atoms with van der Waals surface area (Å²) < 4.78 is 88.5. The molecule has 1 aromatic rings. The van der Waals surface area contributed by atoms with Crippen LogP contribution in [-0.2, 0) is 76.0 Å². The van der Waals surface area contributed by atoms with Crippen LogP contribution in [0.15, 0.2) is 47.4 Å². The maximum Gasteiger partial charge on any atom is 0.297 e. The van der Waals surface area contributed by atoms with Gasteiger partial charge in [-0.3, -0.25) is 18.7 Å². The lowest BCUT2D eigenvalue weighted by molar-refractivity contribution is -0.137. The zero-order valence-electron chi connectivity index (χ0n) is 29.9. The molecule has 0 aromatic heterocycles. The maximum absolute atomic E-state index is 12.0. The van der Waals surface area contributed by atoms with Crippen molar-refractivity contribution in [3.8, 4) is 0 Å². The molecule has 2 rings (SSSR count). The molecule has 0 spiro atoms. The molecule has 52 heavy (non-hydrogen) atoms. The molecule has 0 atom stereocenters. The summed E-state index contributed by atoms with van der Waals surface area (Å²) in [7, 11) is -3.77. The van der Waals surface area contributed by atoms with Gasteiger partial charge in [-0.1, -0.05) is 18.2 Å². The van der Waals surface area contributed by atoms with Gasteiger partial charge >= 0.3 is 0 Å². The fraction of sp³-hybridized carbons (Fsp3) is 0.706. The van der Waals surface area contributed by atoms with E-state index in [1.54, 1.807) is 18.2 Å².